The van der Waals surface area contributed by atoms with E-state index in [9.17, 15) is 4.79 Å². The van der Waals surface area contributed by atoms with Crippen LogP contribution in [-0.4, -0.2) is 51.8 Å². The van der Waals surface area contributed by atoms with Crippen LogP contribution >= 0.6 is 11.3 Å². The summed E-state index contributed by atoms with van der Waals surface area (Å²) in [6.45, 7) is 2.77. The number of H-pyrrole nitrogens is 1. The summed E-state index contributed by atoms with van der Waals surface area (Å²) in [5.74, 6) is -0.262. The zero-order valence-electron chi connectivity index (χ0n) is 14.4. The number of carbonyl (C=O) groups excluding carboxylic acids is 1. The first-order chi connectivity index (χ1) is 12.0. The van der Waals surface area contributed by atoms with Gasteiger partial charge in [0.2, 0.25) is 5.13 Å². The monoisotopic (exact) mass is 356 g/mol. The van der Waals surface area contributed by atoms with E-state index in [-0.39, 0.29) is 5.91 Å². The normalized spacial score (nSPS) is 11.0. The first kappa shape index (κ1) is 17.2. The Morgan fingerprint density at radius 3 is 2.72 bits per heavy atom. The van der Waals surface area contributed by atoms with Crippen LogP contribution in [0.5, 0.6) is 0 Å². The van der Waals surface area contributed by atoms with E-state index in [0.717, 1.165) is 34.8 Å². The molecule has 2 heterocycles. The Morgan fingerprint density at radius 2 is 2.00 bits per heavy atom. The van der Waals surface area contributed by atoms with Gasteiger partial charge < -0.3 is 4.90 Å². The lowest BCUT2D eigenvalue weighted by Crippen LogP contribution is -2.14. The van der Waals surface area contributed by atoms with Gasteiger partial charge in [-0.05, 0) is 21.0 Å². The van der Waals surface area contributed by atoms with E-state index >= 15 is 0 Å². The molecule has 0 saturated carbocycles. The van der Waals surface area contributed by atoms with Crippen LogP contribution in [0.4, 0.5) is 5.13 Å². The number of hydrogen-bond donors (Lipinski definition) is 2. The molecule has 0 bridgehead atoms. The predicted molar refractivity (Wildman–Crippen MR) is 98.9 cm³/mol. The van der Waals surface area contributed by atoms with Gasteiger partial charge >= 0.3 is 0 Å². The number of nitrogens with one attached hydrogen (secondary N) is 2. The highest BCUT2D eigenvalue weighted by molar-refractivity contribution is 7.15. The highest BCUT2D eigenvalue weighted by atomic mass is 32.1. The van der Waals surface area contributed by atoms with Crippen LogP contribution in [-0.2, 0) is 6.42 Å². The largest absolute Gasteiger partial charge is 0.309 e. The molecular formula is C17H20N6OS. The van der Waals surface area contributed by atoms with E-state index < -0.39 is 0 Å². The van der Waals surface area contributed by atoms with Gasteiger partial charge in [-0.2, -0.15) is 5.10 Å². The van der Waals surface area contributed by atoms with Gasteiger partial charge in [0, 0.05) is 24.1 Å². The highest BCUT2D eigenvalue weighted by Gasteiger charge is 2.18. The third kappa shape index (κ3) is 4.09. The average Bonchev–Trinajstić information content (AvgIpc) is 3.20. The minimum absolute atomic E-state index is 0.262. The lowest BCUT2D eigenvalue weighted by Gasteiger charge is -2.05. The third-order valence-corrected chi connectivity index (χ3v) is 4.64. The van der Waals surface area contributed by atoms with Crippen LogP contribution in [0.3, 0.4) is 0 Å². The Bertz CT molecular complexity index is 855. The molecule has 0 spiro atoms. The van der Waals surface area contributed by atoms with Gasteiger partial charge in [-0.15, -0.1) is 10.2 Å². The molecule has 8 heteroatoms. The molecule has 0 saturated heterocycles. The molecule has 3 aromatic rings. The van der Waals surface area contributed by atoms with E-state index in [1.54, 1.807) is 0 Å². The molecule has 1 amide bonds. The average molecular weight is 356 g/mol. The second kappa shape index (κ2) is 7.54. The SMILES string of the molecule is Cc1c(-c2ccccc2)n[nH]c1C(=O)Nc1nnc(CCN(C)C)s1. The smallest absolute Gasteiger partial charge is 0.275 e. The zero-order chi connectivity index (χ0) is 17.8. The van der Waals surface area contributed by atoms with Crippen molar-refractivity contribution in [3.8, 4) is 11.3 Å². The number of nitrogens with zero attached hydrogens (tertiary/aromatic N) is 4. The van der Waals surface area contributed by atoms with Gasteiger partial charge in [0.05, 0.1) is 5.69 Å². The molecular weight excluding hydrogens is 336 g/mol. The Kier molecular flexibility index (Phi) is 5.20. The van der Waals surface area contributed by atoms with Crippen molar-refractivity contribution in [3.05, 3.63) is 46.6 Å². The summed E-state index contributed by atoms with van der Waals surface area (Å²) in [7, 11) is 4.02. The first-order valence-corrected chi connectivity index (χ1v) is 8.75. The van der Waals surface area contributed by atoms with Gasteiger partial charge in [-0.3, -0.25) is 15.2 Å². The summed E-state index contributed by atoms with van der Waals surface area (Å²) in [6, 6.07) is 9.76. The van der Waals surface area contributed by atoms with Crippen molar-refractivity contribution in [2.75, 3.05) is 26.0 Å². The Hall–Kier alpha value is -2.58. The number of carbonyl (C=O) groups is 1. The molecule has 25 heavy (non-hydrogen) atoms. The van der Waals surface area contributed by atoms with Gasteiger partial charge in [0.1, 0.15) is 10.7 Å². The number of aromatic nitrogens is 4. The number of likely N-dealkylation sites (N-methyl/N-ethyl adjacent to an activating group) is 1. The van der Waals surface area contributed by atoms with Crippen molar-refractivity contribution in [3.63, 3.8) is 0 Å². The fourth-order valence-corrected chi connectivity index (χ4v) is 3.10. The minimum Gasteiger partial charge on any atom is -0.309 e. The second-order valence-electron chi connectivity index (χ2n) is 5.95. The maximum atomic E-state index is 12.5. The molecule has 0 atom stereocenters. The summed E-state index contributed by atoms with van der Waals surface area (Å²) < 4.78 is 0. The first-order valence-electron chi connectivity index (χ1n) is 7.93. The molecule has 1 aromatic carbocycles. The molecule has 3 rings (SSSR count). The molecule has 0 unspecified atom stereocenters. The zero-order valence-corrected chi connectivity index (χ0v) is 15.2. The maximum Gasteiger partial charge on any atom is 0.275 e. The molecule has 0 aliphatic carbocycles. The molecule has 7 nitrogen and oxygen atoms in total. The van der Waals surface area contributed by atoms with Gasteiger partial charge in [-0.25, -0.2) is 0 Å². The summed E-state index contributed by atoms with van der Waals surface area (Å²) in [4.78, 5) is 14.6. The number of amides is 1. The number of benzene rings is 1. The van der Waals surface area contributed by atoms with Crippen molar-refractivity contribution >= 4 is 22.4 Å². The molecule has 0 aliphatic rings. The van der Waals surface area contributed by atoms with E-state index in [0.29, 0.717) is 10.8 Å². The number of hydrogen-bond acceptors (Lipinski definition) is 6. The van der Waals surface area contributed by atoms with E-state index in [2.05, 4.69) is 30.6 Å². The summed E-state index contributed by atoms with van der Waals surface area (Å²) in [5.41, 5.74) is 2.98. The van der Waals surface area contributed by atoms with Crippen molar-refractivity contribution < 1.29 is 4.79 Å². The number of anilines is 1. The molecule has 2 N–H and O–H groups in total. The van der Waals surface area contributed by atoms with Crippen molar-refractivity contribution in [1.82, 2.24) is 25.3 Å². The maximum absolute atomic E-state index is 12.5. The van der Waals surface area contributed by atoms with Crippen LogP contribution in [0.15, 0.2) is 30.3 Å². The van der Waals surface area contributed by atoms with E-state index in [4.69, 9.17) is 0 Å². The highest BCUT2D eigenvalue weighted by Crippen LogP contribution is 2.24. The third-order valence-electron chi connectivity index (χ3n) is 3.74. The Labute approximate surface area is 150 Å². The molecule has 2 aromatic heterocycles. The Balaban J connectivity index is 1.71. The topological polar surface area (TPSA) is 86.8 Å². The fraction of sp³-hybridized carbons (Fsp3) is 0.294. The van der Waals surface area contributed by atoms with Crippen molar-refractivity contribution in [1.29, 1.82) is 0 Å². The van der Waals surface area contributed by atoms with E-state index in [1.807, 2.05) is 51.4 Å². The van der Waals surface area contributed by atoms with Crippen molar-refractivity contribution in [2.45, 2.75) is 13.3 Å². The number of rotatable bonds is 6. The summed E-state index contributed by atoms with van der Waals surface area (Å²) in [6.07, 6.45) is 0.807. The molecule has 0 fully saturated rings. The van der Waals surface area contributed by atoms with Gasteiger partial charge in [0.15, 0.2) is 0 Å². The van der Waals surface area contributed by atoms with Crippen LogP contribution in [0.1, 0.15) is 21.1 Å². The quantitative estimate of drug-likeness (QED) is 0.709. The van der Waals surface area contributed by atoms with Crippen LogP contribution in [0.2, 0.25) is 0 Å². The summed E-state index contributed by atoms with van der Waals surface area (Å²) >= 11 is 1.39. The Morgan fingerprint density at radius 1 is 1.24 bits per heavy atom. The molecule has 0 aliphatic heterocycles. The van der Waals surface area contributed by atoms with Crippen molar-refractivity contribution in [2.24, 2.45) is 0 Å². The standard InChI is InChI=1S/C17H20N6OS/c1-11-14(12-7-5-4-6-8-12)20-21-15(11)16(24)18-17-22-19-13(25-17)9-10-23(2)3/h4-8H,9-10H2,1-3H3,(H,20,21)(H,18,22,24). The van der Waals surface area contributed by atoms with Gasteiger partial charge in [0.25, 0.3) is 5.91 Å². The fourth-order valence-electron chi connectivity index (χ4n) is 2.38. The molecule has 130 valence electrons. The minimum atomic E-state index is -0.262. The summed E-state index contributed by atoms with van der Waals surface area (Å²) in [5, 5.41) is 19.4. The molecule has 0 radical (unpaired) electrons. The van der Waals surface area contributed by atoms with Gasteiger partial charge in [-0.1, -0.05) is 41.7 Å². The van der Waals surface area contributed by atoms with Crippen LogP contribution in [0, 0.1) is 6.92 Å². The lowest BCUT2D eigenvalue weighted by atomic mass is 10.1. The van der Waals surface area contributed by atoms with E-state index in [1.165, 1.54) is 11.3 Å². The lowest BCUT2D eigenvalue weighted by molar-refractivity contribution is 0.102. The number of aromatic amines is 1. The second-order valence-corrected chi connectivity index (χ2v) is 7.01. The predicted octanol–water partition coefficient (Wildman–Crippen LogP) is 2.59. The van der Waals surface area contributed by atoms with Crippen LogP contribution < -0.4 is 5.32 Å². The van der Waals surface area contributed by atoms with Crippen LogP contribution in [0.25, 0.3) is 11.3 Å².